The Balaban J connectivity index is 1.53. The number of ether oxygens (including phenoxy) is 1. The van der Waals surface area contributed by atoms with E-state index in [9.17, 15) is 0 Å². The zero-order valence-electron chi connectivity index (χ0n) is 13.7. The molecule has 0 radical (unpaired) electrons. The Morgan fingerprint density at radius 2 is 2.17 bits per heavy atom. The molecule has 2 aromatic heterocycles. The van der Waals surface area contributed by atoms with E-state index in [1.54, 1.807) is 6.20 Å². The summed E-state index contributed by atoms with van der Waals surface area (Å²) in [6, 6.07) is 2.28. The molecule has 2 aromatic rings. The molecule has 6 heteroatoms. The van der Waals surface area contributed by atoms with Crippen molar-refractivity contribution in [1.29, 1.82) is 0 Å². The van der Waals surface area contributed by atoms with Crippen LogP contribution in [0.2, 0.25) is 0 Å². The van der Waals surface area contributed by atoms with E-state index in [1.807, 2.05) is 30.9 Å². The molecule has 2 aliphatic rings. The molecule has 1 atom stereocenters. The van der Waals surface area contributed by atoms with Gasteiger partial charge in [-0.15, -0.1) is 0 Å². The van der Waals surface area contributed by atoms with Gasteiger partial charge in [0.25, 0.3) is 0 Å². The highest BCUT2D eigenvalue weighted by atomic mass is 16.5. The minimum Gasteiger partial charge on any atom is -0.373 e. The quantitative estimate of drug-likeness (QED) is 0.944. The van der Waals surface area contributed by atoms with Crippen molar-refractivity contribution in [2.45, 2.75) is 50.7 Å². The molecule has 1 N–H and O–H groups in total. The summed E-state index contributed by atoms with van der Waals surface area (Å²) < 4.78 is 7.94. The van der Waals surface area contributed by atoms with Crippen LogP contribution in [-0.2, 0) is 11.8 Å². The first-order chi connectivity index (χ1) is 11.2. The van der Waals surface area contributed by atoms with Crippen molar-refractivity contribution >= 4 is 5.95 Å². The molecule has 122 valence electrons. The molecule has 1 aliphatic heterocycles. The van der Waals surface area contributed by atoms with Crippen LogP contribution >= 0.6 is 0 Å². The molecule has 23 heavy (non-hydrogen) atoms. The average Bonchev–Trinajstić information content (AvgIpc) is 3.25. The largest absolute Gasteiger partial charge is 0.373 e. The molecule has 0 amide bonds. The molecule has 1 unspecified atom stereocenters. The number of rotatable bonds is 3. The van der Waals surface area contributed by atoms with Crippen molar-refractivity contribution in [2.24, 2.45) is 7.05 Å². The molecule has 1 aliphatic carbocycles. The summed E-state index contributed by atoms with van der Waals surface area (Å²) in [7, 11) is 1.93. The van der Waals surface area contributed by atoms with Crippen molar-refractivity contribution in [1.82, 2.24) is 19.7 Å². The fourth-order valence-electron chi connectivity index (χ4n) is 3.86. The lowest BCUT2D eigenvalue weighted by Crippen LogP contribution is -2.26. The Labute approximate surface area is 136 Å². The summed E-state index contributed by atoms with van der Waals surface area (Å²) >= 11 is 0. The van der Waals surface area contributed by atoms with Crippen LogP contribution in [0, 0.1) is 6.92 Å². The van der Waals surface area contributed by atoms with E-state index in [-0.39, 0.29) is 5.60 Å². The Morgan fingerprint density at radius 1 is 1.35 bits per heavy atom. The number of nitrogens with zero attached hydrogens (tertiary/aromatic N) is 4. The topological polar surface area (TPSA) is 64.9 Å². The second-order valence-electron chi connectivity index (χ2n) is 6.81. The lowest BCUT2D eigenvalue weighted by Gasteiger charge is -2.21. The van der Waals surface area contributed by atoms with Crippen molar-refractivity contribution in [3.05, 3.63) is 24.0 Å². The van der Waals surface area contributed by atoms with E-state index < -0.39 is 0 Å². The summed E-state index contributed by atoms with van der Waals surface area (Å²) in [5.74, 6) is 0.676. The predicted octanol–water partition coefficient (Wildman–Crippen LogP) is 2.70. The van der Waals surface area contributed by atoms with Crippen LogP contribution in [-0.4, -0.2) is 38.0 Å². The summed E-state index contributed by atoms with van der Waals surface area (Å²) in [4.78, 5) is 9.17. The van der Waals surface area contributed by atoms with Crippen LogP contribution in [0.3, 0.4) is 0 Å². The molecule has 0 bridgehead atoms. The van der Waals surface area contributed by atoms with Gasteiger partial charge in [-0.25, -0.2) is 9.97 Å². The molecule has 3 heterocycles. The predicted molar refractivity (Wildman–Crippen MR) is 88.1 cm³/mol. The lowest BCUT2D eigenvalue weighted by atomic mass is 9.96. The van der Waals surface area contributed by atoms with E-state index >= 15 is 0 Å². The zero-order valence-corrected chi connectivity index (χ0v) is 13.7. The van der Waals surface area contributed by atoms with Gasteiger partial charge in [-0.1, -0.05) is 12.8 Å². The number of hydrogen-bond donors (Lipinski definition) is 1. The Hall–Kier alpha value is -1.95. The number of aromatic nitrogens is 4. The van der Waals surface area contributed by atoms with Crippen molar-refractivity contribution in [3.8, 4) is 11.4 Å². The van der Waals surface area contributed by atoms with E-state index in [0.717, 1.165) is 30.0 Å². The standard InChI is InChI=1S/C17H23N5O/c1-12-10-18-16(21-15(12)14-5-8-19-22(14)2)20-13-9-17(23-11-13)6-3-4-7-17/h5,8,10,13H,3-4,6-7,9,11H2,1-2H3,(H,18,20,21). The second kappa shape index (κ2) is 5.60. The summed E-state index contributed by atoms with van der Waals surface area (Å²) in [6.45, 7) is 2.77. The van der Waals surface area contributed by atoms with Crippen LogP contribution in [0.1, 0.15) is 37.7 Å². The highest BCUT2D eigenvalue weighted by Crippen LogP contribution is 2.41. The van der Waals surface area contributed by atoms with Gasteiger partial charge in [0.2, 0.25) is 5.95 Å². The SMILES string of the molecule is Cc1cnc(NC2COC3(CCCC3)C2)nc1-c1ccnn1C. The molecule has 6 nitrogen and oxygen atoms in total. The highest BCUT2D eigenvalue weighted by Gasteiger charge is 2.42. The number of aryl methyl sites for hydroxylation is 2. The first kappa shape index (κ1) is 14.6. The van der Waals surface area contributed by atoms with Crippen LogP contribution in [0.4, 0.5) is 5.95 Å². The van der Waals surface area contributed by atoms with Crippen LogP contribution in [0.5, 0.6) is 0 Å². The maximum Gasteiger partial charge on any atom is 0.223 e. The number of hydrogen-bond acceptors (Lipinski definition) is 5. The summed E-state index contributed by atoms with van der Waals surface area (Å²) in [5, 5.41) is 7.70. The Bertz CT molecular complexity index is 705. The smallest absolute Gasteiger partial charge is 0.223 e. The number of nitrogens with one attached hydrogen (secondary N) is 1. The molecular weight excluding hydrogens is 290 g/mol. The molecule has 1 saturated carbocycles. The van der Waals surface area contributed by atoms with Gasteiger partial charge in [0.05, 0.1) is 29.6 Å². The van der Waals surface area contributed by atoms with Crippen molar-refractivity contribution in [2.75, 3.05) is 11.9 Å². The monoisotopic (exact) mass is 313 g/mol. The maximum absolute atomic E-state index is 6.10. The minimum absolute atomic E-state index is 0.118. The van der Waals surface area contributed by atoms with Gasteiger partial charge in [-0.05, 0) is 37.8 Å². The normalized spacial score (nSPS) is 22.8. The van der Waals surface area contributed by atoms with E-state index in [1.165, 1.54) is 25.7 Å². The molecule has 2 fully saturated rings. The molecule has 1 spiro atoms. The van der Waals surface area contributed by atoms with E-state index in [2.05, 4.69) is 15.4 Å². The van der Waals surface area contributed by atoms with Crippen LogP contribution < -0.4 is 5.32 Å². The second-order valence-corrected chi connectivity index (χ2v) is 6.81. The van der Waals surface area contributed by atoms with Gasteiger partial charge in [0.15, 0.2) is 0 Å². The van der Waals surface area contributed by atoms with Gasteiger partial charge in [-0.3, -0.25) is 4.68 Å². The minimum atomic E-state index is 0.118. The molecule has 0 aromatic carbocycles. The van der Waals surface area contributed by atoms with Crippen molar-refractivity contribution in [3.63, 3.8) is 0 Å². The third-order valence-corrected chi connectivity index (χ3v) is 5.09. The third-order valence-electron chi connectivity index (χ3n) is 5.09. The van der Waals surface area contributed by atoms with E-state index in [0.29, 0.717) is 12.0 Å². The lowest BCUT2D eigenvalue weighted by molar-refractivity contribution is 0.0103. The van der Waals surface area contributed by atoms with Gasteiger partial charge >= 0.3 is 0 Å². The average molecular weight is 313 g/mol. The molecule has 1 saturated heterocycles. The molecular formula is C17H23N5O. The summed E-state index contributed by atoms with van der Waals surface area (Å²) in [5.41, 5.74) is 3.10. The van der Waals surface area contributed by atoms with E-state index in [4.69, 9.17) is 9.72 Å². The first-order valence-corrected chi connectivity index (χ1v) is 8.38. The first-order valence-electron chi connectivity index (χ1n) is 8.38. The Kier molecular flexibility index (Phi) is 3.56. The number of anilines is 1. The van der Waals surface area contributed by atoms with Gasteiger partial charge in [0.1, 0.15) is 0 Å². The zero-order chi connectivity index (χ0) is 15.9. The van der Waals surface area contributed by atoms with Crippen LogP contribution in [0.25, 0.3) is 11.4 Å². The molecule has 4 rings (SSSR count). The van der Waals surface area contributed by atoms with Gasteiger partial charge in [0, 0.05) is 19.4 Å². The van der Waals surface area contributed by atoms with Crippen LogP contribution in [0.15, 0.2) is 18.5 Å². The van der Waals surface area contributed by atoms with Crippen molar-refractivity contribution < 1.29 is 4.74 Å². The highest BCUT2D eigenvalue weighted by molar-refractivity contribution is 5.59. The van der Waals surface area contributed by atoms with Gasteiger partial charge in [-0.2, -0.15) is 5.10 Å². The van der Waals surface area contributed by atoms with Gasteiger partial charge < -0.3 is 10.1 Å². The maximum atomic E-state index is 6.10. The third kappa shape index (κ3) is 2.72. The summed E-state index contributed by atoms with van der Waals surface area (Å²) in [6.07, 6.45) is 9.69. The Morgan fingerprint density at radius 3 is 2.91 bits per heavy atom. The fourth-order valence-corrected chi connectivity index (χ4v) is 3.86. The fraction of sp³-hybridized carbons (Fsp3) is 0.588.